The fourth-order valence-corrected chi connectivity index (χ4v) is 1.43. The van der Waals surface area contributed by atoms with Crippen molar-refractivity contribution in [1.82, 2.24) is 0 Å². The highest BCUT2D eigenvalue weighted by atomic mass is 35.5. The van der Waals surface area contributed by atoms with E-state index in [1.807, 2.05) is 0 Å². The third-order valence-electron chi connectivity index (χ3n) is 1.80. The average Bonchev–Trinajstić information content (AvgIpc) is 2.14. The van der Waals surface area contributed by atoms with Crippen molar-refractivity contribution in [3.05, 3.63) is 28.3 Å². The molecule has 0 heterocycles. The van der Waals surface area contributed by atoms with Crippen LogP contribution in [0.1, 0.15) is 15.9 Å². The van der Waals surface area contributed by atoms with Crippen LogP contribution in [0.5, 0.6) is 5.75 Å². The lowest BCUT2D eigenvalue weighted by molar-refractivity contribution is -0.138. The smallest absolute Gasteiger partial charge is 0.420 e. The van der Waals surface area contributed by atoms with E-state index in [2.05, 4.69) is 4.74 Å². The van der Waals surface area contributed by atoms with Crippen LogP contribution in [-0.2, 0) is 6.18 Å². The minimum absolute atomic E-state index is 0.394. The number of halogens is 4. The van der Waals surface area contributed by atoms with Gasteiger partial charge in [-0.05, 0) is 12.1 Å². The molecular formula is C9H6ClF3O3. The van der Waals surface area contributed by atoms with Crippen molar-refractivity contribution in [2.75, 3.05) is 7.11 Å². The van der Waals surface area contributed by atoms with Crippen LogP contribution in [0.2, 0.25) is 5.02 Å². The summed E-state index contributed by atoms with van der Waals surface area (Å²) in [6.07, 6.45) is -4.72. The molecule has 3 nitrogen and oxygen atoms in total. The second kappa shape index (κ2) is 4.21. The molecule has 0 aliphatic rings. The van der Waals surface area contributed by atoms with Crippen LogP contribution in [-0.4, -0.2) is 18.2 Å². The molecule has 0 unspecified atom stereocenters. The van der Waals surface area contributed by atoms with Gasteiger partial charge in [-0.25, -0.2) is 4.79 Å². The summed E-state index contributed by atoms with van der Waals surface area (Å²) in [7, 11) is 1.02. The summed E-state index contributed by atoms with van der Waals surface area (Å²) in [6.45, 7) is 0. The van der Waals surface area contributed by atoms with E-state index >= 15 is 0 Å². The highest BCUT2D eigenvalue weighted by molar-refractivity contribution is 6.32. The predicted molar refractivity (Wildman–Crippen MR) is 50.0 cm³/mol. The number of carbonyl (C=O) groups is 1. The highest BCUT2D eigenvalue weighted by Gasteiger charge is 2.36. The lowest BCUT2D eigenvalue weighted by atomic mass is 10.1. The summed E-state index contributed by atoms with van der Waals surface area (Å²) in [6, 6.07) is 1.38. The van der Waals surface area contributed by atoms with Crippen molar-refractivity contribution in [3.8, 4) is 5.75 Å². The number of rotatable bonds is 2. The molecule has 0 aromatic heterocycles. The van der Waals surface area contributed by atoms with Gasteiger partial charge < -0.3 is 9.84 Å². The molecule has 0 saturated heterocycles. The standard InChI is InChI=1S/C9H6ClF3O3/c1-16-7-5(9(11,12)13)2-4(8(14)15)3-6(7)10/h2-3H,1H3,(H,14,15). The van der Waals surface area contributed by atoms with E-state index in [9.17, 15) is 18.0 Å². The summed E-state index contributed by atoms with van der Waals surface area (Å²) in [5.41, 5.74) is -1.75. The zero-order valence-corrected chi connectivity index (χ0v) is 8.69. The van der Waals surface area contributed by atoms with Crippen LogP contribution in [0.25, 0.3) is 0 Å². The summed E-state index contributed by atoms with van der Waals surface area (Å²) in [4.78, 5) is 10.6. The van der Waals surface area contributed by atoms with Gasteiger partial charge in [0.2, 0.25) is 0 Å². The van der Waals surface area contributed by atoms with Gasteiger partial charge in [-0.3, -0.25) is 0 Å². The molecule has 7 heteroatoms. The molecule has 0 radical (unpaired) electrons. The third kappa shape index (κ3) is 2.38. The van der Waals surface area contributed by atoms with E-state index in [-0.39, 0.29) is 0 Å². The normalized spacial score (nSPS) is 11.3. The third-order valence-corrected chi connectivity index (χ3v) is 2.08. The minimum atomic E-state index is -4.72. The molecule has 0 spiro atoms. The van der Waals surface area contributed by atoms with E-state index in [4.69, 9.17) is 16.7 Å². The number of hydrogen-bond acceptors (Lipinski definition) is 2. The zero-order valence-electron chi connectivity index (χ0n) is 7.93. The molecule has 0 atom stereocenters. The average molecular weight is 255 g/mol. The van der Waals surface area contributed by atoms with Crippen LogP contribution >= 0.6 is 11.6 Å². The van der Waals surface area contributed by atoms with E-state index in [0.717, 1.165) is 13.2 Å². The minimum Gasteiger partial charge on any atom is -0.495 e. The van der Waals surface area contributed by atoms with Gasteiger partial charge in [0.05, 0.1) is 23.3 Å². The van der Waals surface area contributed by atoms with Crippen LogP contribution in [0.3, 0.4) is 0 Å². The highest BCUT2D eigenvalue weighted by Crippen LogP contribution is 2.40. The summed E-state index contributed by atoms with van der Waals surface area (Å²) in [5.74, 6) is -2.07. The number of alkyl halides is 3. The molecule has 88 valence electrons. The first kappa shape index (κ1) is 12.6. The van der Waals surface area contributed by atoms with Gasteiger partial charge in [-0.1, -0.05) is 11.6 Å². The van der Waals surface area contributed by atoms with Crippen molar-refractivity contribution >= 4 is 17.6 Å². The molecule has 1 N–H and O–H groups in total. The first-order valence-corrected chi connectivity index (χ1v) is 4.33. The molecule has 1 aromatic rings. The number of carboxylic acid groups (broad SMARTS) is 1. The number of benzene rings is 1. The van der Waals surface area contributed by atoms with E-state index < -0.39 is 34.0 Å². The second-order valence-corrected chi connectivity index (χ2v) is 3.25. The maximum Gasteiger partial charge on any atom is 0.420 e. The van der Waals surface area contributed by atoms with Crippen molar-refractivity contribution in [2.45, 2.75) is 6.18 Å². The summed E-state index contributed by atoms with van der Waals surface area (Å²) in [5, 5.41) is 8.20. The maximum atomic E-state index is 12.5. The summed E-state index contributed by atoms with van der Waals surface area (Å²) < 4.78 is 42.1. The van der Waals surface area contributed by atoms with Gasteiger partial charge in [-0.15, -0.1) is 0 Å². The van der Waals surface area contributed by atoms with Gasteiger partial charge in [0.25, 0.3) is 0 Å². The van der Waals surface area contributed by atoms with Crippen LogP contribution < -0.4 is 4.74 Å². The van der Waals surface area contributed by atoms with Gasteiger partial charge in [0.1, 0.15) is 5.75 Å². The van der Waals surface area contributed by atoms with Crippen LogP contribution in [0.15, 0.2) is 12.1 Å². The Balaban J connectivity index is 3.49. The van der Waals surface area contributed by atoms with Crippen molar-refractivity contribution in [1.29, 1.82) is 0 Å². The quantitative estimate of drug-likeness (QED) is 0.882. The Kier molecular flexibility index (Phi) is 3.32. The first-order chi connectivity index (χ1) is 7.27. The number of carboxylic acids is 1. The molecule has 0 bridgehead atoms. The second-order valence-electron chi connectivity index (χ2n) is 2.84. The molecule has 0 aliphatic carbocycles. The van der Waals surface area contributed by atoms with E-state index in [0.29, 0.717) is 6.07 Å². The van der Waals surface area contributed by atoms with Gasteiger partial charge in [0.15, 0.2) is 0 Å². The molecule has 1 rings (SSSR count). The van der Waals surface area contributed by atoms with E-state index in [1.165, 1.54) is 0 Å². The molecule has 0 amide bonds. The van der Waals surface area contributed by atoms with Crippen LogP contribution in [0.4, 0.5) is 13.2 Å². The molecule has 0 fully saturated rings. The molecule has 0 saturated carbocycles. The summed E-state index contributed by atoms with van der Waals surface area (Å²) >= 11 is 5.50. The van der Waals surface area contributed by atoms with E-state index in [1.54, 1.807) is 0 Å². The Morgan fingerprint density at radius 3 is 2.38 bits per heavy atom. The molecule has 0 aliphatic heterocycles. The lowest BCUT2D eigenvalue weighted by Gasteiger charge is -2.13. The Labute approximate surface area is 93.4 Å². The first-order valence-electron chi connectivity index (χ1n) is 3.95. The molecular weight excluding hydrogens is 249 g/mol. The topological polar surface area (TPSA) is 46.5 Å². The Morgan fingerprint density at radius 1 is 1.44 bits per heavy atom. The largest absolute Gasteiger partial charge is 0.495 e. The van der Waals surface area contributed by atoms with Gasteiger partial charge >= 0.3 is 12.1 Å². The van der Waals surface area contributed by atoms with Gasteiger partial charge in [-0.2, -0.15) is 13.2 Å². The number of aromatic carboxylic acids is 1. The SMILES string of the molecule is COc1c(Cl)cc(C(=O)O)cc1C(F)(F)F. The number of methoxy groups -OCH3 is 1. The number of hydrogen-bond donors (Lipinski definition) is 1. The Hall–Kier alpha value is -1.43. The molecule has 1 aromatic carbocycles. The van der Waals surface area contributed by atoms with Crippen molar-refractivity contribution in [2.24, 2.45) is 0 Å². The lowest BCUT2D eigenvalue weighted by Crippen LogP contribution is -2.10. The number of ether oxygens (including phenoxy) is 1. The Morgan fingerprint density at radius 2 is 2.00 bits per heavy atom. The van der Waals surface area contributed by atoms with Crippen molar-refractivity contribution < 1.29 is 27.8 Å². The van der Waals surface area contributed by atoms with Crippen molar-refractivity contribution in [3.63, 3.8) is 0 Å². The monoisotopic (exact) mass is 254 g/mol. The predicted octanol–water partition coefficient (Wildman–Crippen LogP) is 3.07. The fraction of sp³-hybridized carbons (Fsp3) is 0.222. The zero-order chi connectivity index (χ0) is 12.5. The molecule has 16 heavy (non-hydrogen) atoms. The Bertz CT molecular complexity index is 429. The maximum absolute atomic E-state index is 12.5. The van der Waals surface area contributed by atoms with Crippen LogP contribution in [0, 0.1) is 0 Å². The van der Waals surface area contributed by atoms with Gasteiger partial charge in [0, 0.05) is 0 Å². The fourth-order valence-electron chi connectivity index (χ4n) is 1.13.